The molecule has 0 fully saturated rings. The molecule has 0 amide bonds. The molecule has 0 saturated heterocycles. The summed E-state index contributed by atoms with van der Waals surface area (Å²) in [6.45, 7) is 2.00. The van der Waals surface area contributed by atoms with Crippen LogP contribution in [-0.4, -0.2) is 0 Å². The van der Waals surface area contributed by atoms with E-state index in [0.29, 0.717) is 17.1 Å². The number of nitroso groups, excluding NO2 is 2. The van der Waals surface area contributed by atoms with Crippen molar-refractivity contribution in [2.45, 2.75) is 12.8 Å². The second kappa shape index (κ2) is 12.5. The summed E-state index contributed by atoms with van der Waals surface area (Å²) in [5.41, 5.74) is 3.39. The predicted octanol–water partition coefficient (Wildman–Crippen LogP) is 8.01. The molecule has 0 aliphatic carbocycles. The smallest absolute Gasteiger partial charge is 0.430 e. The molecule has 5 rings (SSSR count). The van der Waals surface area contributed by atoms with Gasteiger partial charge in [0.05, 0.1) is 0 Å². The van der Waals surface area contributed by atoms with Crippen LogP contribution in [0, 0.1) is 16.7 Å². The van der Waals surface area contributed by atoms with Gasteiger partial charge in [0, 0.05) is 26.9 Å². The molecule has 1 atom stereocenters. The third-order valence-corrected chi connectivity index (χ3v) is 7.84. The Hall–Kier alpha value is -3.88. The van der Waals surface area contributed by atoms with Crippen molar-refractivity contribution in [2.24, 2.45) is 21.7 Å². The molecule has 5 aromatic carbocycles. The maximum atomic E-state index is 11.4. The number of rotatable bonds is 11. The summed E-state index contributed by atoms with van der Waals surface area (Å²) in [6, 6.07) is 30.9. The molecule has 0 bridgehead atoms. The summed E-state index contributed by atoms with van der Waals surface area (Å²) in [5, 5.41) is 3.58. The van der Waals surface area contributed by atoms with Gasteiger partial charge in [-0.1, -0.05) is 90.5 Å². The lowest BCUT2D eigenvalue weighted by Gasteiger charge is -2.27. The number of benzene rings is 5. The average Bonchev–Trinajstić information content (AvgIpc) is 3.00. The summed E-state index contributed by atoms with van der Waals surface area (Å²) in [6.07, 6.45) is 0. The van der Waals surface area contributed by atoms with E-state index in [-0.39, 0.29) is 0 Å². The zero-order valence-corrected chi connectivity index (χ0v) is 23.0. The molecule has 0 saturated carbocycles. The monoisotopic (exact) mass is 574 g/mol. The molecule has 10 nitrogen and oxygen atoms in total. The summed E-state index contributed by atoms with van der Waals surface area (Å²) in [7, 11) is -4.61. The Labute approximate surface area is 232 Å². The van der Waals surface area contributed by atoms with Crippen molar-refractivity contribution in [3.63, 3.8) is 0 Å². The van der Waals surface area contributed by atoms with Crippen LogP contribution in [0.2, 0.25) is 0 Å². The zero-order chi connectivity index (χ0) is 28.1. The highest BCUT2D eigenvalue weighted by molar-refractivity contribution is 7.49. The lowest BCUT2D eigenvalue weighted by Crippen LogP contribution is -2.11. The predicted molar refractivity (Wildman–Crippen MR) is 157 cm³/mol. The standard InChI is InChI=1S/C28H24N4O6P2/c1-18-10-12-21(13-11-18)26(27-22-8-4-2-6-19(22)14-16-24(27)35-39(31-33)32-34)28-23-9-5-3-7-20(23)15-17-25(28)36-40(37-29)38-30/h2-17,26H,29-30H2,1H3. The summed E-state index contributed by atoms with van der Waals surface area (Å²) in [5.74, 6) is 11.0. The Balaban J connectivity index is 1.90. The Morgan fingerprint density at radius 3 is 1.65 bits per heavy atom. The summed E-state index contributed by atoms with van der Waals surface area (Å²) >= 11 is 0. The first-order valence-corrected chi connectivity index (χ1v) is 14.3. The highest BCUT2D eigenvalue weighted by atomic mass is 31.2. The quantitative estimate of drug-likeness (QED) is 0.0698. The van der Waals surface area contributed by atoms with Crippen molar-refractivity contribution >= 4 is 38.6 Å². The van der Waals surface area contributed by atoms with Gasteiger partial charge in [-0.2, -0.15) is 0 Å². The van der Waals surface area contributed by atoms with Crippen molar-refractivity contribution < 1.29 is 18.3 Å². The molecule has 202 valence electrons. The zero-order valence-electron chi connectivity index (χ0n) is 21.2. The van der Waals surface area contributed by atoms with E-state index in [9.17, 15) is 9.81 Å². The molecule has 12 heteroatoms. The minimum absolute atomic E-state index is 0.292. The van der Waals surface area contributed by atoms with E-state index in [1.165, 1.54) is 0 Å². The van der Waals surface area contributed by atoms with Crippen LogP contribution in [0.15, 0.2) is 107 Å². The summed E-state index contributed by atoms with van der Waals surface area (Å²) < 4.78 is 21.6. The van der Waals surface area contributed by atoms with E-state index in [2.05, 4.69) is 9.89 Å². The highest BCUT2D eigenvalue weighted by Crippen LogP contribution is 2.52. The van der Waals surface area contributed by atoms with Crippen LogP contribution in [0.4, 0.5) is 0 Å². The first-order valence-electron chi connectivity index (χ1n) is 12.0. The molecular formula is C28H24N4O6P2. The van der Waals surface area contributed by atoms with Crippen molar-refractivity contribution in [3.8, 4) is 11.5 Å². The van der Waals surface area contributed by atoms with E-state index in [0.717, 1.165) is 38.2 Å². The molecule has 1 unspecified atom stereocenters. The fourth-order valence-electron chi connectivity index (χ4n) is 4.83. The Bertz CT molecular complexity index is 1660. The normalized spacial score (nSPS) is 12.1. The van der Waals surface area contributed by atoms with Crippen LogP contribution in [0.25, 0.3) is 21.5 Å². The van der Waals surface area contributed by atoms with Crippen LogP contribution >= 0.6 is 17.1 Å². The van der Waals surface area contributed by atoms with Gasteiger partial charge >= 0.3 is 17.1 Å². The Kier molecular flexibility index (Phi) is 8.67. The van der Waals surface area contributed by atoms with E-state index in [1.807, 2.05) is 91.9 Å². The molecule has 40 heavy (non-hydrogen) atoms. The number of aryl methyl sites for hydroxylation is 1. The first kappa shape index (κ1) is 27.7. The van der Waals surface area contributed by atoms with Crippen LogP contribution in [-0.2, 0) is 9.25 Å². The lowest BCUT2D eigenvalue weighted by atomic mass is 9.79. The van der Waals surface area contributed by atoms with Gasteiger partial charge < -0.3 is 9.05 Å². The molecule has 5 aromatic rings. The molecule has 4 N–H and O–H groups in total. The van der Waals surface area contributed by atoms with Crippen LogP contribution in [0.5, 0.6) is 11.5 Å². The topological polar surface area (TPSA) is 148 Å². The molecule has 0 aliphatic heterocycles. The second-order valence-electron chi connectivity index (χ2n) is 8.77. The van der Waals surface area contributed by atoms with Crippen LogP contribution < -0.4 is 20.8 Å². The van der Waals surface area contributed by atoms with Crippen molar-refractivity contribution in [1.82, 2.24) is 0 Å². The van der Waals surface area contributed by atoms with Crippen molar-refractivity contribution in [2.75, 3.05) is 0 Å². The van der Waals surface area contributed by atoms with Crippen LogP contribution in [0.1, 0.15) is 28.2 Å². The number of nitrogens with two attached hydrogens (primary N) is 2. The van der Waals surface area contributed by atoms with Crippen molar-refractivity contribution in [3.05, 3.63) is 129 Å². The van der Waals surface area contributed by atoms with Gasteiger partial charge in [-0.05, 0) is 46.2 Å². The fraction of sp³-hybridized carbons (Fsp3) is 0.0714. The van der Waals surface area contributed by atoms with Gasteiger partial charge in [-0.25, -0.2) is 21.0 Å². The first-order chi connectivity index (χ1) is 19.6. The molecule has 0 heterocycles. The van der Waals surface area contributed by atoms with Gasteiger partial charge in [-0.3, -0.25) is 0 Å². The molecule has 0 radical (unpaired) electrons. The Morgan fingerprint density at radius 1 is 0.650 bits per heavy atom. The van der Waals surface area contributed by atoms with E-state index < -0.39 is 23.0 Å². The van der Waals surface area contributed by atoms with Crippen LogP contribution in [0.3, 0.4) is 0 Å². The second-order valence-corrected chi connectivity index (χ2v) is 10.8. The lowest BCUT2D eigenvalue weighted by molar-refractivity contribution is 0.212. The van der Waals surface area contributed by atoms with Gasteiger partial charge in [0.1, 0.15) is 11.5 Å². The molecule has 0 aliphatic rings. The van der Waals surface area contributed by atoms with E-state index in [1.54, 1.807) is 12.1 Å². The average molecular weight is 574 g/mol. The maximum Gasteiger partial charge on any atom is 0.433 e. The fourth-order valence-corrected chi connectivity index (χ4v) is 5.71. The minimum atomic E-state index is -2.50. The minimum Gasteiger partial charge on any atom is -0.430 e. The van der Waals surface area contributed by atoms with Crippen molar-refractivity contribution in [1.29, 1.82) is 0 Å². The van der Waals surface area contributed by atoms with E-state index >= 15 is 0 Å². The maximum absolute atomic E-state index is 11.4. The number of hydrogen-bond donors (Lipinski definition) is 2. The third-order valence-electron chi connectivity index (χ3n) is 6.51. The molecule has 0 spiro atoms. The van der Waals surface area contributed by atoms with Gasteiger partial charge in [0.2, 0.25) is 0 Å². The Morgan fingerprint density at radius 2 is 1.15 bits per heavy atom. The molecular weight excluding hydrogens is 550 g/mol. The van der Waals surface area contributed by atoms with Gasteiger partial charge in [-0.15, -0.1) is 9.81 Å². The van der Waals surface area contributed by atoms with Gasteiger partial charge in [0.15, 0.2) is 0 Å². The largest absolute Gasteiger partial charge is 0.433 e. The SMILES string of the molecule is Cc1ccc(C(c2c(OP(N=O)N=O)ccc3ccccc23)c2c(OP(ON)ON)ccc3ccccc23)cc1. The summed E-state index contributed by atoms with van der Waals surface area (Å²) in [4.78, 5) is 28.3. The van der Waals surface area contributed by atoms with Gasteiger partial charge in [0.25, 0.3) is 0 Å². The highest BCUT2D eigenvalue weighted by Gasteiger charge is 2.31. The molecule has 0 aromatic heterocycles. The third kappa shape index (κ3) is 5.55. The van der Waals surface area contributed by atoms with E-state index in [4.69, 9.17) is 30.1 Å². The number of nitrogens with zero attached hydrogens (tertiary/aromatic N) is 2. The number of fused-ring (bicyclic) bond motifs is 2. The number of hydrogen-bond acceptors (Lipinski definition) is 10.